The third-order valence-corrected chi connectivity index (χ3v) is 3.83. The molecule has 2 heterocycles. The molecule has 2 aromatic rings. The summed E-state index contributed by atoms with van der Waals surface area (Å²) in [6.45, 7) is -0.0872. The average molecular weight is 296 g/mol. The number of nitrogens with zero attached hydrogens (tertiary/aromatic N) is 3. The van der Waals surface area contributed by atoms with Crippen LogP contribution in [0.3, 0.4) is 0 Å². The van der Waals surface area contributed by atoms with E-state index in [1.807, 2.05) is 12.1 Å². The Morgan fingerprint density at radius 3 is 2.57 bits per heavy atom. The van der Waals surface area contributed by atoms with Crippen LogP contribution in [-0.4, -0.2) is 20.9 Å². The van der Waals surface area contributed by atoms with Gasteiger partial charge in [0, 0.05) is 25.1 Å². The van der Waals surface area contributed by atoms with Crippen LogP contribution in [0.25, 0.3) is 0 Å². The Bertz CT molecular complexity index is 631. The van der Waals surface area contributed by atoms with Crippen LogP contribution in [0.1, 0.15) is 23.6 Å². The number of aryl methyl sites for hydroxylation is 1. The topological polar surface area (TPSA) is 56.7 Å². The molecule has 7 heteroatoms. The summed E-state index contributed by atoms with van der Waals surface area (Å²) < 4.78 is 40.2. The van der Waals surface area contributed by atoms with Crippen molar-refractivity contribution in [2.75, 3.05) is 5.73 Å². The number of hydrogen-bond acceptors (Lipinski definition) is 3. The van der Waals surface area contributed by atoms with Gasteiger partial charge in [-0.2, -0.15) is 13.2 Å². The zero-order chi connectivity index (χ0) is 15.0. The smallest absolute Gasteiger partial charge is 0.393 e. The number of fused-ring (bicyclic) bond motifs is 1. The maximum atomic E-state index is 12.9. The van der Waals surface area contributed by atoms with Crippen molar-refractivity contribution in [2.45, 2.75) is 32.0 Å². The van der Waals surface area contributed by atoms with E-state index < -0.39 is 12.1 Å². The summed E-state index contributed by atoms with van der Waals surface area (Å²) in [6, 6.07) is 7.23. The highest BCUT2D eigenvalue weighted by atomic mass is 19.4. The van der Waals surface area contributed by atoms with Gasteiger partial charge in [0.2, 0.25) is 0 Å². The van der Waals surface area contributed by atoms with Crippen molar-refractivity contribution in [1.29, 1.82) is 0 Å². The second-order valence-electron chi connectivity index (χ2n) is 5.34. The molecule has 1 atom stereocenters. The summed E-state index contributed by atoms with van der Waals surface area (Å²) in [5.41, 5.74) is 7.22. The van der Waals surface area contributed by atoms with Crippen LogP contribution in [0.4, 0.5) is 18.9 Å². The standard InChI is InChI=1S/C14H15F3N4/c15-14(16,17)10-3-6-12-19-20-13(21(12)8-10)7-9-1-4-11(18)5-2-9/h1-2,4-5,10H,3,6-8,18H2. The summed E-state index contributed by atoms with van der Waals surface area (Å²) in [5, 5.41) is 8.05. The van der Waals surface area contributed by atoms with Crippen LogP contribution in [-0.2, 0) is 19.4 Å². The normalized spacial score (nSPS) is 18.5. The number of nitrogens with two attached hydrogens (primary N) is 1. The predicted octanol–water partition coefficient (Wildman–Crippen LogP) is 2.58. The van der Waals surface area contributed by atoms with E-state index in [2.05, 4.69) is 10.2 Å². The molecule has 0 radical (unpaired) electrons. The summed E-state index contributed by atoms with van der Waals surface area (Å²) in [5.74, 6) is -0.101. The summed E-state index contributed by atoms with van der Waals surface area (Å²) in [7, 11) is 0. The zero-order valence-electron chi connectivity index (χ0n) is 11.3. The molecule has 1 aliphatic heterocycles. The summed E-state index contributed by atoms with van der Waals surface area (Å²) in [4.78, 5) is 0. The number of aromatic nitrogens is 3. The zero-order valence-corrected chi connectivity index (χ0v) is 11.3. The number of hydrogen-bond donors (Lipinski definition) is 1. The van der Waals surface area contributed by atoms with Crippen LogP contribution in [0, 0.1) is 5.92 Å². The second kappa shape index (κ2) is 5.05. The Kier molecular flexibility index (Phi) is 3.35. The SMILES string of the molecule is Nc1ccc(Cc2nnc3n2CC(C(F)(F)F)CC3)cc1. The minimum atomic E-state index is -4.17. The molecule has 3 rings (SSSR count). The second-order valence-corrected chi connectivity index (χ2v) is 5.34. The van der Waals surface area contributed by atoms with Crippen LogP contribution < -0.4 is 5.73 Å². The van der Waals surface area contributed by atoms with Crippen LogP contribution in [0.15, 0.2) is 24.3 Å². The molecule has 0 bridgehead atoms. The molecule has 21 heavy (non-hydrogen) atoms. The first-order valence-corrected chi connectivity index (χ1v) is 6.75. The Morgan fingerprint density at radius 1 is 1.19 bits per heavy atom. The van der Waals surface area contributed by atoms with E-state index in [9.17, 15) is 13.2 Å². The Hall–Kier alpha value is -2.05. The molecule has 0 saturated carbocycles. The fraction of sp³-hybridized carbons (Fsp3) is 0.429. The van der Waals surface area contributed by atoms with Crippen LogP contribution in [0.2, 0.25) is 0 Å². The van der Waals surface area contributed by atoms with Gasteiger partial charge >= 0.3 is 6.18 Å². The van der Waals surface area contributed by atoms with Gasteiger partial charge in [0.05, 0.1) is 5.92 Å². The van der Waals surface area contributed by atoms with Gasteiger partial charge in [-0.25, -0.2) is 0 Å². The molecule has 2 N–H and O–H groups in total. The molecule has 0 aliphatic carbocycles. The quantitative estimate of drug-likeness (QED) is 0.867. The van der Waals surface area contributed by atoms with Gasteiger partial charge in [-0.1, -0.05) is 12.1 Å². The number of halogens is 3. The molecule has 1 unspecified atom stereocenters. The van der Waals surface area contributed by atoms with E-state index >= 15 is 0 Å². The number of alkyl halides is 3. The molecule has 0 fully saturated rings. The van der Waals surface area contributed by atoms with E-state index in [-0.39, 0.29) is 13.0 Å². The third kappa shape index (κ3) is 2.86. The van der Waals surface area contributed by atoms with Crippen molar-refractivity contribution in [3.05, 3.63) is 41.5 Å². The largest absolute Gasteiger partial charge is 0.399 e. The lowest BCUT2D eigenvalue weighted by Crippen LogP contribution is -2.32. The molecule has 0 saturated heterocycles. The molecule has 1 aromatic heterocycles. The van der Waals surface area contributed by atoms with Crippen molar-refractivity contribution >= 4 is 5.69 Å². The molecule has 0 spiro atoms. The monoisotopic (exact) mass is 296 g/mol. The van der Waals surface area contributed by atoms with Gasteiger partial charge in [0.15, 0.2) is 0 Å². The molecular weight excluding hydrogens is 281 g/mol. The van der Waals surface area contributed by atoms with Gasteiger partial charge in [0.25, 0.3) is 0 Å². The predicted molar refractivity (Wildman–Crippen MR) is 71.5 cm³/mol. The summed E-state index contributed by atoms with van der Waals surface area (Å²) >= 11 is 0. The first kappa shape index (κ1) is 13.9. The Morgan fingerprint density at radius 2 is 1.90 bits per heavy atom. The van der Waals surface area contributed by atoms with Crippen molar-refractivity contribution < 1.29 is 13.2 Å². The number of nitrogen functional groups attached to an aromatic ring is 1. The van der Waals surface area contributed by atoms with E-state index in [0.717, 1.165) is 5.56 Å². The Balaban J connectivity index is 1.83. The third-order valence-electron chi connectivity index (χ3n) is 3.83. The van der Waals surface area contributed by atoms with E-state index in [1.54, 1.807) is 16.7 Å². The van der Waals surface area contributed by atoms with Crippen molar-refractivity contribution in [3.63, 3.8) is 0 Å². The molecule has 4 nitrogen and oxygen atoms in total. The average Bonchev–Trinajstić information content (AvgIpc) is 2.83. The van der Waals surface area contributed by atoms with Gasteiger partial charge in [0.1, 0.15) is 11.6 Å². The first-order chi connectivity index (χ1) is 9.93. The number of anilines is 1. The van der Waals surface area contributed by atoms with E-state index in [1.165, 1.54) is 0 Å². The molecular formula is C14H15F3N4. The van der Waals surface area contributed by atoms with E-state index in [0.29, 0.717) is 30.2 Å². The van der Waals surface area contributed by atoms with Crippen molar-refractivity contribution in [1.82, 2.24) is 14.8 Å². The van der Waals surface area contributed by atoms with Crippen molar-refractivity contribution in [2.24, 2.45) is 5.92 Å². The number of rotatable bonds is 2. The van der Waals surface area contributed by atoms with Gasteiger partial charge < -0.3 is 10.3 Å². The molecule has 1 aromatic carbocycles. The minimum absolute atomic E-state index is 0.0868. The lowest BCUT2D eigenvalue weighted by atomic mass is 9.98. The Labute approximate surface area is 119 Å². The lowest BCUT2D eigenvalue weighted by Gasteiger charge is -2.26. The van der Waals surface area contributed by atoms with Crippen LogP contribution >= 0.6 is 0 Å². The van der Waals surface area contributed by atoms with E-state index in [4.69, 9.17) is 5.73 Å². The lowest BCUT2D eigenvalue weighted by molar-refractivity contribution is -0.182. The molecule has 1 aliphatic rings. The van der Waals surface area contributed by atoms with Crippen LogP contribution in [0.5, 0.6) is 0 Å². The molecule has 0 amide bonds. The molecule has 112 valence electrons. The first-order valence-electron chi connectivity index (χ1n) is 6.75. The fourth-order valence-corrected chi connectivity index (χ4v) is 2.60. The fourth-order valence-electron chi connectivity index (χ4n) is 2.60. The van der Waals surface area contributed by atoms with Gasteiger partial charge in [-0.3, -0.25) is 0 Å². The highest BCUT2D eigenvalue weighted by Crippen LogP contribution is 2.34. The summed E-state index contributed by atoms with van der Waals surface area (Å²) in [6.07, 6.45) is -3.30. The maximum Gasteiger partial charge on any atom is 0.393 e. The minimum Gasteiger partial charge on any atom is -0.399 e. The number of benzene rings is 1. The van der Waals surface area contributed by atoms with Gasteiger partial charge in [-0.05, 0) is 24.1 Å². The highest BCUT2D eigenvalue weighted by molar-refractivity contribution is 5.39. The van der Waals surface area contributed by atoms with Gasteiger partial charge in [-0.15, -0.1) is 10.2 Å². The van der Waals surface area contributed by atoms with Crippen molar-refractivity contribution in [3.8, 4) is 0 Å². The maximum absolute atomic E-state index is 12.9. The highest BCUT2D eigenvalue weighted by Gasteiger charge is 2.42.